The summed E-state index contributed by atoms with van der Waals surface area (Å²) in [6.07, 6.45) is -0.429. The largest absolute Gasteiger partial charge is 0.388 e. The molecule has 3 aromatic carbocycles. The predicted octanol–water partition coefficient (Wildman–Crippen LogP) is 3.86. The highest BCUT2D eigenvalue weighted by atomic mass is 32.2. The highest BCUT2D eigenvalue weighted by Gasteiger charge is 2.16. The van der Waals surface area contributed by atoms with E-state index in [1.165, 1.54) is 0 Å². The van der Waals surface area contributed by atoms with E-state index in [9.17, 15) is 13.5 Å². The lowest BCUT2D eigenvalue weighted by Gasteiger charge is -2.15. The van der Waals surface area contributed by atoms with Gasteiger partial charge in [-0.15, -0.1) is 0 Å². The fraction of sp³-hybridized carbons (Fsp3) is 0.238. The van der Waals surface area contributed by atoms with E-state index in [4.69, 9.17) is 0 Å². The van der Waals surface area contributed by atoms with Crippen LogP contribution in [0.5, 0.6) is 0 Å². The van der Waals surface area contributed by atoms with Gasteiger partial charge in [0.2, 0.25) is 10.0 Å². The molecule has 136 valence electrons. The standard InChI is InChI=1S/C21H23NO3S/c1-15-10-11-18(14-16(15)2)26(24,25)22-13-12-21(23)20-9-5-7-17-6-3-4-8-19(17)20/h3-11,14,21-23H,12-13H2,1-2H3/t21-/m1/s1. The molecule has 26 heavy (non-hydrogen) atoms. The van der Waals surface area contributed by atoms with Crippen LogP contribution in [0.2, 0.25) is 0 Å². The molecular weight excluding hydrogens is 346 g/mol. The van der Waals surface area contributed by atoms with Crippen molar-refractivity contribution < 1.29 is 13.5 Å². The van der Waals surface area contributed by atoms with Crippen molar-refractivity contribution in [2.75, 3.05) is 6.54 Å². The number of hydrogen-bond acceptors (Lipinski definition) is 3. The summed E-state index contributed by atoms with van der Waals surface area (Å²) in [6.45, 7) is 4.00. The summed E-state index contributed by atoms with van der Waals surface area (Å²) < 4.78 is 27.4. The first-order valence-electron chi connectivity index (χ1n) is 8.61. The van der Waals surface area contributed by atoms with Crippen LogP contribution in [-0.2, 0) is 10.0 Å². The van der Waals surface area contributed by atoms with E-state index in [1.54, 1.807) is 18.2 Å². The summed E-state index contributed by atoms with van der Waals surface area (Å²) in [5, 5.41) is 12.6. The van der Waals surface area contributed by atoms with Gasteiger partial charge in [0, 0.05) is 6.54 Å². The maximum absolute atomic E-state index is 12.4. The summed E-state index contributed by atoms with van der Waals surface area (Å²) in [5.74, 6) is 0. The highest BCUT2D eigenvalue weighted by Crippen LogP contribution is 2.26. The van der Waals surface area contributed by atoms with Crippen molar-refractivity contribution in [3.63, 3.8) is 0 Å². The summed E-state index contributed by atoms with van der Waals surface area (Å²) in [4.78, 5) is 0.250. The number of rotatable bonds is 6. The lowest BCUT2D eigenvalue weighted by atomic mass is 9.99. The van der Waals surface area contributed by atoms with Crippen LogP contribution in [0.1, 0.15) is 29.2 Å². The number of sulfonamides is 1. The summed E-state index contributed by atoms with van der Waals surface area (Å²) in [6, 6.07) is 18.7. The van der Waals surface area contributed by atoms with Crippen LogP contribution in [0.4, 0.5) is 0 Å². The molecule has 3 aromatic rings. The zero-order valence-electron chi connectivity index (χ0n) is 14.9. The van der Waals surface area contributed by atoms with Crippen LogP contribution in [0.15, 0.2) is 65.6 Å². The summed E-state index contributed by atoms with van der Waals surface area (Å²) >= 11 is 0. The van der Waals surface area contributed by atoms with Crippen molar-refractivity contribution in [1.82, 2.24) is 4.72 Å². The van der Waals surface area contributed by atoms with Gasteiger partial charge in [-0.25, -0.2) is 13.1 Å². The van der Waals surface area contributed by atoms with E-state index >= 15 is 0 Å². The lowest BCUT2D eigenvalue weighted by Crippen LogP contribution is -2.26. The number of fused-ring (bicyclic) bond motifs is 1. The Labute approximate surface area is 154 Å². The van der Waals surface area contributed by atoms with Gasteiger partial charge in [0.05, 0.1) is 11.0 Å². The van der Waals surface area contributed by atoms with E-state index in [1.807, 2.05) is 56.3 Å². The fourth-order valence-corrected chi connectivity index (χ4v) is 4.12. The summed E-state index contributed by atoms with van der Waals surface area (Å²) in [7, 11) is -3.58. The van der Waals surface area contributed by atoms with Crippen molar-refractivity contribution in [1.29, 1.82) is 0 Å². The van der Waals surface area contributed by atoms with Gasteiger partial charge in [-0.2, -0.15) is 0 Å². The van der Waals surface area contributed by atoms with Crippen LogP contribution in [0, 0.1) is 13.8 Å². The van der Waals surface area contributed by atoms with Gasteiger partial charge < -0.3 is 5.11 Å². The number of hydrogen-bond donors (Lipinski definition) is 2. The van der Waals surface area contributed by atoms with Crippen molar-refractivity contribution in [3.8, 4) is 0 Å². The van der Waals surface area contributed by atoms with Crippen molar-refractivity contribution in [2.24, 2.45) is 0 Å². The van der Waals surface area contributed by atoms with Crippen molar-refractivity contribution >= 4 is 20.8 Å². The molecule has 0 spiro atoms. The third-order valence-electron chi connectivity index (χ3n) is 4.68. The second-order valence-corrected chi connectivity index (χ2v) is 8.28. The highest BCUT2D eigenvalue weighted by molar-refractivity contribution is 7.89. The maximum atomic E-state index is 12.4. The molecule has 0 saturated carbocycles. The van der Waals surface area contributed by atoms with E-state index in [0.717, 1.165) is 27.5 Å². The Morgan fingerprint density at radius 2 is 1.69 bits per heavy atom. The molecule has 0 unspecified atom stereocenters. The maximum Gasteiger partial charge on any atom is 0.240 e. The molecule has 3 rings (SSSR count). The molecule has 0 aliphatic carbocycles. The quantitative estimate of drug-likeness (QED) is 0.693. The van der Waals surface area contributed by atoms with Gasteiger partial charge in [-0.1, -0.05) is 48.5 Å². The fourth-order valence-electron chi connectivity index (χ4n) is 2.99. The zero-order valence-corrected chi connectivity index (χ0v) is 15.8. The molecule has 0 fully saturated rings. The Bertz CT molecular complexity index is 1020. The van der Waals surface area contributed by atoms with Crippen LogP contribution >= 0.6 is 0 Å². The normalized spacial score (nSPS) is 13.0. The minimum atomic E-state index is -3.58. The predicted molar refractivity (Wildman–Crippen MR) is 105 cm³/mol. The molecule has 1 atom stereocenters. The third-order valence-corrected chi connectivity index (χ3v) is 6.14. The minimum absolute atomic E-state index is 0.166. The van der Waals surface area contributed by atoms with Crippen molar-refractivity contribution in [2.45, 2.75) is 31.3 Å². The minimum Gasteiger partial charge on any atom is -0.388 e. The van der Waals surface area contributed by atoms with Crippen LogP contribution in [-0.4, -0.2) is 20.1 Å². The molecule has 0 heterocycles. The molecule has 0 bridgehead atoms. The number of aliphatic hydroxyl groups excluding tert-OH is 1. The Kier molecular flexibility index (Phi) is 5.41. The number of aliphatic hydroxyl groups is 1. The number of aryl methyl sites for hydroxylation is 2. The first kappa shape index (κ1) is 18.6. The average molecular weight is 369 g/mol. The molecule has 0 aromatic heterocycles. The average Bonchev–Trinajstić information content (AvgIpc) is 2.63. The molecule has 0 amide bonds. The van der Waals surface area contributed by atoms with Crippen LogP contribution in [0.3, 0.4) is 0 Å². The first-order valence-corrected chi connectivity index (χ1v) is 10.1. The van der Waals surface area contributed by atoms with Gasteiger partial charge in [0.25, 0.3) is 0 Å². The molecule has 2 N–H and O–H groups in total. The van der Waals surface area contributed by atoms with Crippen LogP contribution < -0.4 is 4.72 Å². The lowest BCUT2D eigenvalue weighted by molar-refractivity contribution is 0.170. The smallest absolute Gasteiger partial charge is 0.240 e. The molecule has 0 aliphatic rings. The Morgan fingerprint density at radius 3 is 2.46 bits per heavy atom. The zero-order chi connectivity index (χ0) is 18.7. The molecule has 4 nitrogen and oxygen atoms in total. The molecular formula is C21H23NO3S. The van der Waals surface area contributed by atoms with Crippen molar-refractivity contribution in [3.05, 3.63) is 77.4 Å². The SMILES string of the molecule is Cc1ccc(S(=O)(=O)NCC[C@@H](O)c2cccc3ccccc23)cc1C. The number of nitrogens with one attached hydrogen (secondary N) is 1. The summed E-state index contributed by atoms with van der Waals surface area (Å²) in [5.41, 5.74) is 2.80. The van der Waals surface area contributed by atoms with Crippen LogP contribution in [0.25, 0.3) is 10.8 Å². The Balaban J connectivity index is 1.69. The van der Waals surface area contributed by atoms with Gasteiger partial charge in [0.15, 0.2) is 0 Å². The Hall–Kier alpha value is -2.21. The number of benzene rings is 3. The Morgan fingerprint density at radius 1 is 0.962 bits per heavy atom. The van der Waals surface area contributed by atoms with E-state index in [-0.39, 0.29) is 11.4 Å². The van der Waals surface area contributed by atoms with Gasteiger partial charge in [-0.3, -0.25) is 0 Å². The second kappa shape index (κ2) is 7.58. The molecule has 0 saturated heterocycles. The van der Waals surface area contributed by atoms with Gasteiger partial charge in [0.1, 0.15) is 0 Å². The second-order valence-electron chi connectivity index (χ2n) is 6.52. The monoisotopic (exact) mass is 369 g/mol. The van der Waals surface area contributed by atoms with E-state index in [2.05, 4.69) is 4.72 Å². The van der Waals surface area contributed by atoms with E-state index in [0.29, 0.717) is 6.42 Å². The van der Waals surface area contributed by atoms with E-state index < -0.39 is 16.1 Å². The third kappa shape index (κ3) is 3.96. The molecule has 5 heteroatoms. The topological polar surface area (TPSA) is 66.4 Å². The van der Waals surface area contributed by atoms with Gasteiger partial charge >= 0.3 is 0 Å². The first-order chi connectivity index (χ1) is 12.4. The molecule has 0 radical (unpaired) electrons. The van der Waals surface area contributed by atoms with Gasteiger partial charge in [-0.05, 0) is 59.9 Å². The molecule has 0 aliphatic heterocycles.